The number of benzene rings is 2. The van der Waals surface area contributed by atoms with Gasteiger partial charge in [0.2, 0.25) is 0 Å². The first kappa shape index (κ1) is 25.7. The molecule has 0 radical (unpaired) electrons. The second-order valence-corrected chi connectivity index (χ2v) is 7.34. The summed E-state index contributed by atoms with van der Waals surface area (Å²) < 4.78 is 24.5. The molecule has 2 aromatic rings. The monoisotopic (exact) mass is 556 g/mol. The molecular weight excluding hydrogens is 526 g/mol. The van der Waals surface area contributed by atoms with Crippen LogP contribution in [0.25, 0.3) is 0 Å². The highest BCUT2D eigenvalue weighted by atomic mass is 127. The summed E-state index contributed by atoms with van der Waals surface area (Å²) in [5, 5.41) is 6.08. The number of carbonyl (C=O) groups is 1. The van der Waals surface area contributed by atoms with Crippen LogP contribution in [-0.2, 0) is 13.0 Å². The molecule has 0 bridgehead atoms. The van der Waals surface area contributed by atoms with Crippen molar-refractivity contribution in [2.45, 2.75) is 19.9 Å². The zero-order valence-corrected chi connectivity index (χ0v) is 21.2. The number of aliphatic imine (C=N–C) groups is 1. The minimum atomic E-state index is -0.384. The van der Waals surface area contributed by atoms with E-state index in [0.29, 0.717) is 36.5 Å². The van der Waals surface area contributed by atoms with E-state index in [0.717, 1.165) is 24.7 Å². The number of methoxy groups -OCH3 is 2. The van der Waals surface area contributed by atoms with Crippen molar-refractivity contribution in [1.82, 2.24) is 15.5 Å². The minimum absolute atomic E-state index is 0. The quantitative estimate of drug-likeness (QED) is 0.248. The summed E-state index contributed by atoms with van der Waals surface area (Å²) in [6.45, 7) is 4.07. The maximum absolute atomic E-state index is 13.7. The topological polar surface area (TPSA) is 75.2 Å². The van der Waals surface area contributed by atoms with Crippen LogP contribution in [0.5, 0.6) is 11.5 Å². The van der Waals surface area contributed by atoms with Gasteiger partial charge in [-0.2, -0.15) is 0 Å². The maximum Gasteiger partial charge on any atom is 0.251 e. The van der Waals surface area contributed by atoms with Crippen LogP contribution in [0, 0.1) is 12.7 Å². The van der Waals surface area contributed by atoms with E-state index < -0.39 is 0 Å². The summed E-state index contributed by atoms with van der Waals surface area (Å²) in [6, 6.07) is 8.52. The van der Waals surface area contributed by atoms with Crippen LogP contribution in [0.15, 0.2) is 35.3 Å². The molecule has 1 aliphatic rings. The normalized spacial score (nSPS) is 13.0. The van der Waals surface area contributed by atoms with Crippen LogP contribution in [0.3, 0.4) is 0 Å². The van der Waals surface area contributed by atoms with Crippen LogP contribution in [-0.4, -0.2) is 57.7 Å². The molecule has 2 N–H and O–H groups in total. The van der Waals surface area contributed by atoms with Gasteiger partial charge < -0.3 is 25.0 Å². The molecule has 1 aliphatic heterocycles. The Bertz CT molecular complexity index is 984. The van der Waals surface area contributed by atoms with Crippen molar-refractivity contribution in [3.05, 3.63) is 58.4 Å². The Kier molecular flexibility index (Phi) is 9.55. The third-order valence-electron chi connectivity index (χ3n) is 5.36. The zero-order valence-electron chi connectivity index (χ0n) is 18.8. The number of halogens is 2. The maximum atomic E-state index is 13.7. The molecule has 3 rings (SSSR count). The van der Waals surface area contributed by atoms with Crippen LogP contribution in [0.4, 0.5) is 4.39 Å². The molecule has 0 aliphatic carbocycles. The average Bonchev–Trinajstić information content (AvgIpc) is 2.79. The molecule has 32 heavy (non-hydrogen) atoms. The van der Waals surface area contributed by atoms with Crippen LogP contribution in [0.2, 0.25) is 0 Å². The molecule has 7 nitrogen and oxygen atoms in total. The first-order valence-electron chi connectivity index (χ1n) is 10.2. The molecule has 0 spiro atoms. The van der Waals surface area contributed by atoms with Crippen molar-refractivity contribution in [2.24, 2.45) is 4.99 Å². The number of aryl methyl sites for hydroxylation is 1. The summed E-state index contributed by atoms with van der Waals surface area (Å²) in [6.07, 6.45) is 0.867. The first-order chi connectivity index (χ1) is 15.0. The van der Waals surface area contributed by atoms with Crippen molar-refractivity contribution in [3.63, 3.8) is 0 Å². The van der Waals surface area contributed by atoms with Gasteiger partial charge in [0, 0.05) is 38.8 Å². The Morgan fingerprint density at radius 1 is 1.09 bits per heavy atom. The number of fused-ring (bicyclic) bond motifs is 1. The fourth-order valence-electron chi connectivity index (χ4n) is 3.58. The van der Waals surface area contributed by atoms with E-state index in [4.69, 9.17) is 9.47 Å². The highest BCUT2D eigenvalue weighted by Gasteiger charge is 2.21. The van der Waals surface area contributed by atoms with Gasteiger partial charge in [-0.3, -0.25) is 9.79 Å². The number of hydrogen-bond donors (Lipinski definition) is 2. The Balaban J connectivity index is 0.00000363. The van der Waals surface area contributed by atoms with Gasteiger partial charge in [0.05, 0.1) is 14.2 Å². The number of guanidine groups is 1. The van der Waals surface area contributed by atoms with Crippen molar-refractivity contribution >= 4 is 35.8 Å². The summed E-state index contributed by atoms with van der Waals surface area (Å²) >= 11 is 0. The van der Waals surface area contributed by atoms with Gasteiger partial charge in [0.1, 0.15) is 5.82 Å². The predicted octanol–water partition coefficient (Wildman–Crippen LogP) is 3.13. The molecule has 0 atom stereocenters. The lowest BCUT2D eigenvalue weighted by molar-refractivity contribution is 0.0953. The van der Waals surface area contributed by atoms with Gasteiger partial charge in [0.25, 0.3) is 5.91 Å². The Morgan fingerprint density at radius 3 is 2.38 bits per heavy atom. The van der Waals surface area contributed by atoms with Gasteiger partial charge in [-0.15, -0.1) is 24.0 Å². The average molecular weight is 556 g/mol. The summed E-state index contributed by atoms with van der Waals surface area (Å²) in [5.41, 5.74) is 3.23. The SMILES string of the molecule is CN=C(NCCNC(=O)c1ccc(C)c(F)c1)N1CCc2cc(OC)c(OC)cc2C1.I. The predicted molar refractivity (Wildman–Crippen MR) is 134 cm³/mol. The number of amides is 1. The number of ether oxygens (including phenoxy) is 2. The van der Waals surface area contributed by atoms with Gasteiger partial charge in [-0.25, -0.2) is 4.39 Å². The second-order valence-electron chi connectivity index (χ2n) is 7.34. The van der Waals surface area contributed by atoms with Crippen LogP contribution in [0.1, 0.15) is 27.0 Å². The summed E-state index contributed by atoms with van der Waals surface area (Å²) in [4.78, 5) is 18.7. The number of nitrogens with zero attached hydrogens (tertiary/aromatic N) is 2. The number of rotatable bonds is 6. The van der Waals surface area contributed by atoms with Crippen molar-refractivity contribution in [3.8, 4) is 11.5 Å². The lowest BCUT2D eigenvalue weighted by Gasteiger charge is -2.32. The summed E-state index contributed by atoms with van der Waals surface area (Å²) in [7, 11) is 5.00. The van der Waals surface area contributed by atoms with Crippen molar-refractivity contribution in [2.75, 3.05) is 40.9 Å². The number of nitrogens with one attached hydrogen (secondary N) is 2. The highest BCUT2D eigenvalue weighted by Crippen LogP contribution is 2.33. The molecule has 0 saturated carbocycles. The zero-order chi connectivity index (χ0) is 22.4. The number of hydrogen-bond acceptors (Lipinski definition) is 4. The first-order valence-corrected chi connectivity index (χ1v) is 10.2. The molecular formula is C23H30FIN4O3. The van der Waals surface area contributed by atoms with Crippen molar-refractivity contribution < 1.29 is 18.7 Å². The molecule has 9 heteroatoms. The van der Waals surface area contributed by atoms with E-state index in [1.165, 1.54) is 17.2 Å². The Labute approximate surface area is 205 Å². The fraction of sp³-hybridized carbons (Fsp3) is 0.391. The fourth-order valence-corrected chi connectivity index (χ4v) is 3.58. The lowest BCUT2D eigenvalue weighted by Crippen LogP contribution is -2.46. The molecule has 2 aromatic carbocycles. The Hall–Kier alpha value is -2.56. The number of carbonyl (C=O) groups excluding carboxylic acids is 1. The van der Waals surface area contributed by atoms with Gasteiger partial charge in [-0.05, 0) is 54.3 Å². The van der Waals surface area contributed by atoms with E-state index in [2.05, 4.69) is 20.5 Å². The molecule has 0 fully saturated rings. The standard InChI is InChI=1S/C23H29FN4O3.HI/c1-15-5-6-17(11-19(15)24)22(29)26-8-9-27-23(25-2)28-10-7-16-12-20(30-3)21(31-4)13-18(16)14-28;/h5-6,11-13H,7-10,14H2,1-4H3,(H,25,27)(H,26,29);1H. The molecule has 0 aromatic heterocycles. The lowest BCUT2D eigenvalue weighted by atomic mass is 9.99. The van der Waals surface area contributed by atoms with Gasteiger partial charge >= 0.3 is 0 Å². The van der Waals surface area contributed by atoms with E-state index >= 15 is 0 Å². The molecule has 1 heterocycles. The van der Waals surface area contributed by atoms with Crippen molar-refractivity contribution in [1.29, 1.82) is 0 Å². The van der Waals surface area contributed by atoms with E-state index in [1.807, 2.05) is 12.1 Å². The van der Waals surface area contributed by atoms with Gasteiger partial charge in [-0.1, -0.05) is 6.07 Å². The molecule has 0 unspecified atom stereocenters. The van der Waals surface area contributed by atoms with Crippen LogP contribution < -0.4 is 20.1 Å². The molecule has 0 saturated heterocycles. The molecule has 1 amide bonds. The van der Waals surface area contributed by atoms with Gasteiger partial charge in [0.15, 0.2) is 17.5 Å². The third-order valence-corrected chi connectivity index (χ3v) is 5.36. The smallest absolute Gasteiger partial charge is 0.251 e. The minimum Gasteiger partial charge on any atom is -0.493 e. The molecule has 174 valence electrons. The largest absolute Gasteiger partial charge is 0.493 e. The Morgan fingerprint density at radius 2 is 1.75 bits per heavy atom. The van der Waals surface area contributed by atoms with Crippen LogP contribution >= 0.6 is 24.0 Å². The highest BCUT2D eigenvalue weighted by molar-refractivity contribution is 14.0. The van der Waals surface area contributed by atoms with E-state index in [-0.39, 0.29) is 35.7 Å². The van der Waals surface area contributed by atoms with E-state index in [9.17, 15) is 9.18 Å². The third kappa shape index (κ3) is 6.02. The summed E-state index contributed by atoms with van der Waals surface area (Å²) in [5.74, 6) is 1.52. The van der Waals surface area contributed by atoms with E-state index in [1.54, 1.807) is 40.3 Å². The second kappa shape index (κ2) is 11.9.